The van der Waals surface area contributed by atoms with Gasteiger partial charge in [0.05, 0.1) is 5.56 Å². The van der Waals surface area contributed by atoms with Gasteiger partial charge in [0.25, 0.3) is 5.91 Å². The van der Waals surface area contributed by atoms with E-state index in [0.29, 0.717) is 24.2 Å². The van der Waals surface area contributed by atoms with Crippen molar-refractivity contribution in [2.75, 3.05) is 19.7 Å². The number of aromatic amines is 1. The summed E-state index contributed by atoms with van der Waals surface area (Å²) in [5.74, 6) is 0.00594. The summed E-state index contributed by atoms with van der Waals surface area (Å²) in [4.78, 5) is 28.9. The highest BCUT2D eigenvalue weighted by atomic mass is 16.3. The molecule has 1 aliphatic heterocycles. The molecular weight excluding hydrogens is 268 g/mol. The zero-order chi connectivity index (χ0) is 14.8. The standard InChI is InChI=1S/C16H18N2O3/c19-10-11-4-3-7-18(9-11)16(21)13-8-15(20)17-14-6-2-1-5-12(13)14/h1-2,5-6,8,11,19H,3-4,7,9-10H2,(H,17,20). The quantitative estimate of drug-likeness (QED) is 0.875. The minimum absolute atomic E-state index is 0.0971. The number of nitrogens with zero attached hydrogens (tertiary/aromatic N) is 1. The minimum atomic E-state index is -0.271. The van der Waals surface area contributed by atoms with Crippen LogP contribution in [0, 0.1) is 5.92 Å². The first-order valence-corrected chi connectivity index (χ1v) is 7.21. The second-order valence-corrected chi connectivity index (χ2v) is 5.53. The van der Waals surface area contributed by atoms with E-state index in [4.69, 9.17) is 0 Å². The van der Waals surface area contributed by atoms with Crippen molar-refractivity contribution in [1.29, 1.82) is 0 Å². The predicted molar refractivity (Wildman–Crippen MR) is 80.3 cm³/mol. The van der Waals surface area contributed by atoms with Gasteiger partial charge in [-0.05, 0) is 24.8 Å². The molecule has 0 radical (unpaired) electrons. The Bertz CT molecular complexity index is 723. The van der Waals surface area contributed by atoms with Gasteiger partial charge in [-0.15, -0.1) is 0 Å². The van der Waals surface area contributed by atoms with E-state index >= 15 is 0 Å². The number of aliphatic hydroxyl groups excluding tert-OH is 1. The molecule has 0 saturated carbocycles. The number of rotatable bonds is 2. The first-order chi connectivity index (χ1) is 10.2. The van der Waals surface area contributed by atoms with Crippen LogP contribution < -0.4 is 5.56 Å². The van der Waals surface area contributed by atoms with E-state index in [-0.39, 0.29) is 24.0 Å². The van der Waals surface area contributed by atoms with Crippen LogP contribution in [0.5, 0.6) is 0 Å². The molecule has 1 unspecified atom stereocenters. The van der Waals surface area contributed by atoms with Crippen molar-refractivity contribution in [3.05, 3.63) is 46.2 Å². The summed E-state index contributed by atoms with van der Waals surface area (Å²) in [5, 5.41) is 10.0. The topological polar surface area (TPSA) is 73.4 Å². The van der Waals surface area contributed by atoms with Gasteiger partial charge in [0.1, 0.15) is 0 Å². The van der Waals surface area contributed by atoms with Crippen LogP contribution in [-0.2, 0) is 0 Å². The molecule has 0 spiro atoms. The lowest BCUT2D eigenvalue weighted by Crippen LogP contribution is -2.41. The highest BCUT2D eigenvalue weighted by Crippen LogP contribution is 2.21. The summed E-state index contributed by atoms with van der Waals surface area (Å²) >= 11 is 0. The average molecular weight is 286 g/mol. The van der Waals surface area contributed by atoms with Crippen LogP contribution in [0.3, 0.4) is 0 Å². The summed E-state index contributed by atoms with van der Waals surface area (Å²) in [6.07, 6.45) is 1.83. The van der Waals surface area contributed by atoms with Gasteiger partial charge in [0, 0.05) is 36.7 Å². The van der Waals surface area contributed by atoms with E-state index in [9.17, 15) is 14.7 Å². The molecule has 1 aromatic carbocycles. The SMILES string of the molecule is O=C(c1cc(=O)[nH]c2ccccc12)N1CCCC(CO)C1. The number of benzene rings is 1. The third kappa shape index (κ3) is 2.69. The van der Waals surface area contributed by atoms with Crippen LogP contribution in [0.25, 0.3) is 10.9 Å². The predicted octanol–water partition coefficient (Wildman–Crippen LogP) is 1.37. The van der Waals surface area contributed by atoms with Crippen molar-refractivity contribution >= 4 is 16.8 Å². The number of para-hydroxylation sites is 1. The first kappa shape index (κ1) is 13.8. The Balaban J connectivity index is 1.99. The van der Waals surface area contributed by atoms with E-state index in [1.165, 1.54) is 6.07 Å². The van der Waals surface area contributed by atoms with Crippen molar-refractivity contribution < 1.29 is 9.90 Å². The molecule has 3 rings (SSSR count). The number of nitrogens with one attached hydrogen (secondary N) is 1. The van der Waals surface area contributed by atoms with Gasteiger partial charge in [0.15, 0.2) is 0 Å². The molecule has 2 heterocycles. The molecule has 2 aromatic rings. The number of amides is 1. The molecule has 1 aromatic heterocycles. The van der Waals surface area contributed by atoms with Crippen molar-refractivity contribution in [2.45, 2.75) is 12.8 Å². The monoisotopic (exact) mass is 286 g/mol. The molecule has 1 fully saturated rings. The maximum Gasteiger partial charge on any atom is 0.254 e. The van der Waals surface area contributed by atoms with Crippen LogP contribution in [-0.4, -0.2) is 40.6 Å². The van der Waals surface area contributed by atoms with Crippen LogP contribution in [0.1, 0.15) is 23.2 Å². The third-order valence-electron chi connectivity index (χ3n) is 4.05. The van der Waals surface area contributed by atoms with E-state index in [1.54, 1.807) is 11.0 Å². The lowest BCUT2D eigenvalue weighted by atomic mass is 9.98. The van der Waals surface area contributed by atoms with E-state index < -0.39 is 0 Å². The number of aliphatic hydroxyl groups is 1. The summed E-state index contributed by atoms with van der Waals surface area (Å²) in [7, 11) is 0. The van der Waals surface area contributed by atoms with Gasteiger partial charge in [0.2, 0.25) is 5.56 Å². The number of piperidine rings is 1. The molecule has 5 heteroatoms. The van der Waals surface area contributed by atoms with Crippen molar-refractivity contribution in [2.24, 2.45) is 5.92 Å². The Morgan fingerprint density at radius 3 is 3.00 bits per heavy atom. The summed E-state index contributed by atoms with van der Waals surface area (Å²) < 4.78 is 0. The number of H-pyrrole nitrogens is 1. The molecule has 1 amide bonds. The van der Waals surface area contributed by atoms with Gasteiger partial charge in [-0.25, -0.2) is 0 Å². The maximum atomic E-state index is 12.7. The maximum absolute atomic E-state index is 12.7. The first-order valence-electron chi connectivity index (χ1n) is 7.21. The van der Waals surface area contributed by atoms with E-state index in [1.807, 2.05) is 18.2 Å². The lowest BCUT2D eigenvalue weighted by molar-refractivity contribution is 0.0622. The average Bonchev–Trinajstić information content (AvgIpc) is 2.53. The fraction of sp³-hybridized carbons (Fsp3) is 0.375. The zero-order valence-electron chi connectivity index (χ0n) is 11.7. The Hall–Kier alpha value is -2.14. The van der Waals surface area contributed by atoms with Crippen LogP contribution in [0.4, 0.5) is 0 Å². The van der Waals surface area contributed by atoms with Crippen molar-refractivity contribution in [1.82, 2.24) is 9.88 Å². The molecule has 21 heavy (non-hydrogen) atoms. The molecule has 5 nitrogen and oxygen atoms in total. The summed E-state index contributed by atoms with van der Waals surface area (Å²) in [5.41, 5.74) is 0.838. The number of likely N-dealkylation sites (tertiary alicyclic amines) is 1. The third-order valence-corrected chi connectivity index (χ3v) is 4.05. The number of fused-ring (bicyclic) bond motifs is 1. The number of carbonyl (C=O) groups is 1. The molecule has 1 saturated heterocycles. The van der Waals surface area contributed by atoms with E-state index in [0.717, 1.165) is 18.2 Å². The van der Waals surface area contributed by atoms with E-state index in [2.05, 4.69) is 4.98 Å². The van der Waals surface area contributed by atoms with Gasteiger partial charge in [-0.3, -0.25) is 9.59 Å². The Labute approximate surface area is 122 Å². The molecule has 0 bridgehead atoms. The highest BCUT2D eigenvalue weighted by molar-refractivity contribution is 6.05. The van der Waals surface area contributed by atoms with Gasteiger partial charge < -0.3 is 15.0 Å². The normalized spacial score (nSPS) is 18.9. The molecule has 2 N–H and O–H groups in total. The van der Waals surface area contributed by atoms with Crippen LogP contribution >= 0.6 is 0 Å². The second kappa shape index (κ2) is 5.69. The molecular formula is C16H18N2O3. The molecule has 1 aliphatic rings. The fourth-order valence-corrected chi connectivity index (χ4v) is 2.95. The fourth-order valence-electron chi connectivity index (χ4n) is 2.95. The van der Waals surface area contributed by atoms with Crippen LogP contribution in [0.2, 0.25) is 0 Å². The van der Waals surface area contributed by atoms with Gasteiger partial charge >= 0.3 is 0 Å². The van der Waals surface area contributed by atoms with Crippen molar-refractivity contribution in [3.63, 3.8) is 0 Å². The molecule has 0 aliphatic carbocycles. The molecule has 1 atom stereocenters. The zero-order valence-corrected chi connectivity index (χ0v) is 11.7. The number of hydrogen-bond acceptors (Lipinski definition) is 3. The van der Waals surface area contributed by atoms with Gasteiger partial charge in [-0.2, -0.15) is 0 Å². The molecule has 110 valence electrons. The van der Waals surface area contributed by atoms with Crippen molar-refractivity contribution in [3.8, 4) is 0 Å². The van der Waals surface area contributed by atoms with Gasteiger partial charge in [-0.1, -0.05) is 18.2 Å². The number of hydrogen-bond donors (Lipinski definition) is 2. The Kier molecular flexibility index (Phi) is 3.75. The summed E-state index contributed by atoms with van der Waals surface area (Å²) in [6.45, 7) is 1.33. The largest absolute Gasteiger partial charge is 0.396 e. The lowest BCUT2D eigenvalue weighted by Gasteiger charge is -2.32. The minimum Gasteiger partial charge on any atom is -0.396 e. The van der Waals surface area contributed by atoms with Crippen LogP contribution in [0.15, 0.2) is 35.1 Å². The number of carbonyl (C=O) groups excluding carboxylic acids is 1. The Morgan fingerprint density at radius 1 is 1.38 bits per heavy atom. The number of aromatic nitrogens is 1. The number of pyridine rings is 1. The summed E-state index contributed by atoms with van der Waals surface area (Å²) in [6, 6.07) is 8.68. The highest BCUT2D eigenvalue weighted by Gasteiger charge is 2.25. The Morgan fingerprint density at radius 2 is 2.19 bits per heavy atom. The smallest absolute Gasteiger partial charge is 0.254 e. The second-order valence-electron chi connectivity index (χ2n) is 5.53.